The van der Waals surface area contributed by atoms with Crippen molar-refractivity contribution in [3.05, 3.63) is 89.0 Å². The molecular formula is C16H12N8O8. The van der Waals surface area contributed by atoms with E-state index in [9.17, 15) is 40.5 Å². The second-order valence-corrected chi connectivity index (χ2v) is 5.54. The molecule has 2 N–H and O–H groups in total. The van der Waals surface area contributed by atoms with Gasteiger partial charge >= 0.3 is 22.7 Å². The van der Waals surface area contributed by atoms with Crippen LogP contribution in [0.5, 0.6) is 0 Å². The maximum absolute atomic E-state index is 11.1. The van der Waals surface area contributed by atoms with Gasteiger partial charge in [0.25, 0.3) is 0 Å². The van der Waals surface area contributed by atoms with E-state index >= 15 is 0 Å². The van der Waals surface area contributed by atoms with Gasteiger partial charge in [-0.2, -0.15) is 10.2 Å². The molecule has 0 aromatic heterocycles. The number of benzene rings is 2. The topological polar surface area (TPSA) is 221 Å². The predicted molar refractivity (Wildman–Crippen MR) is 113 cm³/mol. The first-order chi connectivity index (χ1) is 15.2. The number of nitrogens with zero attached hydrogens (tertiary/aromatic N) is 6. The highest BCUT2D eigenvalue weighted by atomic mass is 16.6. The van der Waals surface area contributed by atoms with Crippen LogP contribution in [0.25, 0.3) is 0 Å². The van der Waals surface area contributed by atoms with Crippen LogP contribution in [0.2, 0.25) is 0 Å². The van der Waals surface area contributed by atoms with Crippen molar-refractivity contribution in [2.75, 3.05) is 10.9 Å². The van der Waals surface area contributed by atoms with Gasteiger partial charge in [0.1, 0.15) is 11.4 Å². The van der Waals surface area contributed by atoms with Gasteiger partial charge in [0, 0.05) is 24.6 Å². The predicted octanol–water partition coefficient (Wildman–Crippen LogP) is 3.37. The summed E-state index contributed by atoms with van der Waals surface area (Å²) in [6.45, 7) is 0. The standard InChI is InChI=1S/C16H12N8O8/c25-21(26)13-7-3-5-11(15(13)23(29)30)19-17-9-1-2-10-18-20-12-6-4-8-14(22(27)28)16(12)24(31)32/h1-10,19-20H/b2-1-,17-9+,18-10+. The largest absolute Gasteiger partial charge is 0.370 e. The van der Waals surface area contributed by atoms with Gasteiger partial charge in [-0.3, -0.25) is 51.3 Å². The Bertz CT molecular complexity index is 1070. The number of nitro benzene ring substituents is 4. The average Bonchev–Trinajstić information content (AvgIpc) is 2.74. The molecule has 32 heavy (non-hydrogen) atoms. The minimum Gasteiger partial charge on any atom is -0.271 e. The van der Waals surface area contributed by atoms with E-state index in [0.29, 0.717) is 0 Å². The van der Waals surface area contributed by atoms with Gasteiger partial charge in [-0.15, -0.1) is 0 Å². The molecule has 0 fully saturated rings. The number of nitrogens with one attached hydrogen (secondary N) is 2. The lowest BCUT2D eigenvalue weighted by atomic mass is 10.2. The smallest absolute Gasteiger partial charge is 0.271 e. The van der Waals surface area contributed by atoms with Crippen molar-refractivity contribution in [2.24, 2.45) is 10.2 Å². The molecule has 0 spiro atoms. The third-order valence-corrected chi connectivity index (χ3v) is 3.59. The third-order valence-electron chi connectivity index (χ3n) is 3.59. The van der Waals surface area contributed by atoms with Gasteiger partial charge in [-0.1, -0.05) is 12.1 Å². The zero-order chi connectivity index (χ0) is 23.7. The molecule has 0 amide bonds. The lowest BCUT2D eigenvalue weighted by molar-refractivity contribution is -0.421. The number of nitro groups is 4. The van der Waals surface area contributed by atoms with Crippen molar-refractivity contribution in [2.45, 2.75) is 0 Å². The van der Waals surface area contributed by atoms with Crippen LogP contribution in [0.3, 0.4) is 0 Å². The number of hydrogen-bond donors (Lipinski definition) is 2. The van der Waals surface area contributed by atoms with Crippen molar-refractivity contribution in [1.82, 2.24) is 0 Å². The molecule has 16 heteroatoms. The SMILES string of the molecule is O=[N+]([O-])c1cccc(N/N=C/C=C\C=N\Nc2cccc([N+](=O)[O-])c2[N+](=O)[O-])c1[N+](=O)[O-]. The van der Waals surface area contributed by atoms with Crippen LogP contribution < -0.4 is 10.9 Å². The van der Waals surface area contributed by atoms with Crippen LogP contribution in [-0.4, -0.2) is 32.1 Å². The highest BCUT2D eigenvalue weighted by Gasteiger charge is 2.28. The molecular weight excluding hydrogens is 432 g/mol. The molecule has 0 aliphatic carbocycles. The molecule has 2 aromatic rings. The summed E-state index contributed by atoms with van der Waals surface area (Å²) in [5.41, 5.74) is 1.36. The number of rotatable bonds is 10. The summed E-state index contributed by atoms with van der Waals surface area (Å²) in [5, 5.41) is 51.3. The molecule has 0 unspecified atom stereocenters. The summed E-state index contributed by atoms with van der Waals surface area (Å²) in [5.74, 6) is 0. The number of anilines is 2. The zero-order valence-corrected chi connectivity index (χ0v) is 15.7. The molecule has 2 rings (SSSR count). The van der Waals surface area contributed by atoms with Gasteiger partial charge in [0.15, 0.2) is 0 Å². The lowest BCUT2D eigenvalue weighted by Gasteiger charge is -2.01. The van der Waals surface area contributed by atoms with Crippen molar-refractivity contribution in [3.8, 4) is 0 Å². The molecule has 0 atom stereocenters. The number of hydrogen-bond acceptors (Lipinski definition) is 12. The number of para-hydroxylation sites is 2. The summed E-state index contributed by atoms with van der Waals surface area (Å²) >= 11 is 0. The van der Waals surface area contributed by atoms with Crippen LogP contribution in [0.15, 0.2) is 58.8 Å². The Morgan fingerprint density at radius 1 is 0.625 bits per heavy atom. The van der Waals surface area contributed by atoms with E-state index in [0.717, 1.165) is 24.6 Å². The van der Waals surface area contributed by atoms with Crippen LogP contribution in [0.4, 0.5) is 34.1 Å². The second-order valence-electron chi connectivity index (χ2n) is 5.54. The van der Waals surface area contributed by atoms with E-state index in [1.165, 1.54) is 36.4 Å². The van der Waals surface area contributed by atoms with E-state index < -0.39 is 42.4 Å². The maximum Gasteiger partial charge on any atom is 0.370 e. The van der Waals surface area contributed by atoms with Crippen LogP contribution in [0.1, 0.15) is 0 Å². The summed E-state index contributed by atoms with van der Waals surface area (Å²) < 4.78 is 0. The quantitative estimate of drug-likeness (QED) is 0.309. The molecule has 0 aliphatic rings. The van der Waals surface area contributed by atoms with Crippen molar-refractivity contribution in [1.29, 1.82) is 0 Å². The third kappa shape index (κ3) is 5.63. The highest BCUT2D eigenvalue weighted by molar-refractivity contribution is 5.83. The summed E-state index contributed by atoms with van der Waals surface area (Å²) in [4.78, 5) is 40.4. The minimum atomic E-state index is -0.905. The number of hydrazone groups is 2. The molecule has 164 valence electrons. The summed E-state index contributed by atoms with van der Waals surface area (Å²) in [6, 6.07) is 6.96. The fourth-order valence-corrected chi connectivity index (χ4v) is 2.32. The Morgan fingerprint density at radius 3 is 1.31 bits per heavy atom. The monoisotopic (exact) mass is 444 g/mol. The molecule has 0 aliphatic heterocycles. The van der Waals surface area contributed by atoms with Gasteiger partial charge in [-0.05, 0) is 24.3 Å². The van der Waals surface area contributed by atoms with E-state index in [-0.39, 0.29) is 11.4 Å². The minimum absolute atomic E-state index is 0.192. The van der Waals surface area contributed by atoms with Gasteiger partial charge < -0.3 is 0 Å². The van der Waals surface area contributed by atoms with Crippen molar-refractivity contribution in [3.63, 3.8) is 0 Å². The Labute approximate surface area is 177 Å². The van der Waals surface area contributed by atoms with E-state index in [1.54, 1.807) is 0 Å². The average molecular weight is 444 g/mol. The maximum atomic E-state index is 11.1. The van der Waals surface area contributed by atoms with E-state index in [1.807, 2.05) is 0 Å². The first-order valence-electron chi connectivity index (χ1n) is 8.31. The van der Waals surface area contributed by atoms with Crippen LogP contribution in [-0.2, 0) is 0 Å². The van der Waals surface area contributed by atoms with Crippen LogP contribution in [0, 0.1) is 40.5 Å². The Kier molecular flexibility index (Phi) is 7.54. The Morgan fingerprint density at radius 2 is 1.00 bits per heavy atom. The Hall–Kier alpha value is -5.28. The first kappa shape index (κ1) is 23.0. The van der Waals surface area contributed by atoms with E-state index in [2.05, 4.69) is 21.1 Å². The molecule has 2 aromatic carbocycles. The fraction of sp³-hybridized carbons (Fsp3) is 0. The fourth-order valence-electron chi connectivity index (χ4n) is 2.32. The number of allylic oxidation sites excluding steroid dienone is 2. The first-order valence-corrected chi connectivity index (χ1v) is 8.31. The molecule has 16 nitrogen and oxygen atoms in total. The Balaban J connectivity index is 2.03. The normalized spacial score (nSPS) is 11.1. The van der Waals surface area contributed by atoms with Gasteiger partial charge in [-0.25, -0.2) is 0 Å². The second kappa shape index (κ2) is 10.5. The van der Waals surface area contributed by atoms with Crippen LogP contribution >= 0.6 is 0 Å². The van der Waals surface area contributed by atoms with Crippen molar-refractivity contribution >= 4 is 46.6 Å². The van der Waals surface area contributed by atoms with Gasteiger partial charge in [0.05, 0.1) is 19.7 Å². The summed E-state index contributed by atoms with van der Waals surface area (Å²) in [7, 11) is 0. The molecule has 0 heterocycles. The van der Waals surface area contributed by atoms with Gasteiger partial charge in [0.2, 0.25) is 0 Å². The molecule has 0 bridgehead atoms. The molecule has 0 saturated heterocycles. The lowest BCUT2D eigenvalue weighted by Crippen LogP contribution is -2.01. The molecule has 0 radical (unpaired) electrons. The highest BCUT2D eigenvalue weighted by Crippen LogP contribution is 2.35. The van der Waals surface area contributed by atoms with E-state index in [4.69, 9.17) is 0 Å². The van der Waals surface area contributed by atoms with Crippen molar-refractivity contribution < 1.29 is 19.7 Å². The zero-order valence-electron chi connectivity index (χ0n) is 15.7. The summed E-state index contributed by atoms with van der Waals surface area (Å²) in [6.07, 6.45) is 4.96. The molecule has 0 saturated carbocycles.